The molecule has 0 unspecified atom stereocenters. The maximum absolute atomic E-state index is 11.9. The van der Waals surface area contributed by atoms with Gasteiger partial charge in [0.2, 0.25) is 0 Å². The van der Waals surface area contributed by atoms with Crippen LogP contribution in [-0.2, 0) is 0 Å². The summed E-state index contributed by atoms with van der Waals surface area (Å²) >= 11 is 0. The van der Waals surface area contributed by atoms with Gasteiger partial charge in [-0.3, -0.25) is 14.6 Å². The number of nitrogens with zero attached hydrogens (tertiary/aromatic N) is 1. The van der Waals surface area contributed by atoms with Gasteiger partial charge in [-0.2, -0.15) is 0 Å². The highest BCUT2D eigenvalue weighted by Gasteiger charge is 2.30. The maximum Gasteiger partial charge on any atom is 0.269 e. The third-order valence-electron chi connectivity index (χ3n) is 3.04. The van der Waals surface area contributed by atoms with Gasteiger partial charge in [-0.1, -0.05) is 0 Å². The van der Waals surface area contributed by atoms with Gasteiger partial charge in [-0.25, -0.2) is 0 Å². The molecule has 2 rings (SSSR count). The van der Waals surface area contributed by atoms with Crippen molar-refractivity contribution in [2.45, 2.75) is 25.0 Å². The SMILES string of the molecule is CNC(=O)c1cc(C(=O)N[C@@H]2CC[C@H]2O)ccn1. The molecule has 1 aromatic rings. The summed E-state index contributed by atoms with van der Waals surface area (Å²) in [5.74, 6) is -0.639. The molecule has 0 spiro atoms. The van der Waals surface area contributed by atoms with Crippen LogP contribution in [0.2, 0.25) is 0 Å². The molecule has 2 atom stereocenters. The van der Waals surface area contributed by atoms with Gasteiger partial charge in [0, 0.05) is 18.8 Å². The smallest absolute Gasteiger partial charge is 0.269 e. The average molecular weight is 249 g/mol. The Hall–Kier alpha value is -1.95. The van der Waals surface area contributed by atoms with E-state index in [0.29, 0.717) is 12.0 Å². The third-order valence-corrected chi connectivity index (χ3v) is 3.04. The van der Waals surface area contributed by atoms with Gasteiger partial charge >= 0.3 is 0 Å². The lowest BCUT2D eigenvalue weighted by Crippen LogP contribution is -2.50. The number of carbonyl (C=O) groups excluding carboxylic acids is 2. The summed E-state index contributed by atoms with van der Waals surface area (Å²) in [5, 5.41) is 14.6. The summed E-state index contributed by atoms with van der Waals surface area (Å²) in [6.07, 6.45) is 2.44. The number of aromatic nitrogens is 1. The molecule has 0 aliphatic heterocycles. The van der Waals surface area contributed by atoms with Crippen LogP contribution in [0.25, 0.3) is 0 Å². The van der Waals surface area contributed by atoms with E-state index < -0.39 is 6.10 Å². The van der Waals surface area contributed by atoms with E-state index in [1.807, 2.05) is 0 Å². The van der Waals surface area contributed by atoms with Crippen molar-refractivity contribution >= 4 is 11.8 Å². The number of carbonyl (C=O) groups is 2. The minimum absolute atomic E-state index is 0.186. The first-order valence-electron chi connectivity index (χ1n) is 5.79. The van der Waals surface area contributed by atoms with Crippen molar-refractivity contribution < 1.29 is 14.7 Å². The Bertz CT molecular complexity index is 475. The number of rotatable bonds is 3. The molecule has 6 nitrogen and oxygen atoms in total. The van der Waals surface area contributed by atoms with Crippen LogP contribution < -0.4 is 10.6 Å². The van der Waals surface area contributed by atoms with Crippen LogP contribution in [0.15, 0.2) is 18.3 Å². The van der Waals surface area contributed by atoms with Crippen LogP contribution in [0.3, 0.4) is 0 Å². The summed E-state index contributed by atoms with van der Waals surface area (Å²) in [7, 11) is 1.50. The molecule has 0 bridgehead atoms. The summed E-state index contributed by atoms with van der Waals surface area (Å²) in [4.78, 5) is 27.1. The van der Waals surface area contributed by atoms with Gasteiger partial charge in [0.25, 0.3) is 11.8 Å². The molecule has 1 saturated carbocycles. The molecule has 18 heavy (non-hydrogen) atoms. The van der Waals surface area contributed by atoms with Gasteiger partial charge < -0.3 is 15.7 Å². The molecular weight excluding hydrogens is 234 g/mol. The zero-order valence-corrected chi connectivity index (χ0v) is 10.0. The molecule has 1 aromatic heterocycles. The minimum atomic E-state index is -0.464. The Labute approximate surface area is 104 Å². The molecule has 96 valence electrons. The fraction of sp³-hybridized carbons (Fsp3) is 0.417. The normalized spacial score (nSPS) is 21.9. The Kier molecular flexibility index (Phi) is 3.57. The molecule has 0 radical (unpaired) electrons. The zero-order valence-electron chi connectivity index (χ0n) is 10.0. The van der Waals surface area contributed by atoms with Gasteiger partial charge in [0.1, 0.15) is 5.69 Å². The van der Waals surface area contributed by atoms with Crippen molar-refractivity contribution in [3.05, 3.63) is 29.6 Å². The van der Waals surface area contributed by atoms with Gasteiger partial charge in [-0.15, -0.1) is 0 Å². The Balaban J connectivity index is 2.08. The van der Waals surface area contributed by atoms with E-state index in [9.17, 15) is 14.7 Å². The largest absolute Gasteiger partial charge is 0.391 e. The predicted molar refractivity (Wildman–Crippen MR) is 64.1 cm³/mol. The number of nitrogens with one attached hydrogen (secondary N) is 2. The minimum Gasteiger partial charge on any atom is -0.391 e. The standard InChI is InChI=1S/C12H15N3O3/c1-13-12(18)9-6-7(4-5-14-9)11(17)15-8-2-3-10(8)16/h4-6,8,10,16H,2-3H2,1H3,(H,13,18)(H,15,17)/t8-,10-/m1/s1. The van der Waals surface area contributed by atoms with Crippen molar-refractivity contribution in [3.63, 3.8) is 0 Å². The van der Waals surface area contributed by atoms with E-state index in [2.05, 4.69) is 15.6 Å². The predicted octanol–water partition coefficient (Wildman–Crippen LogP) is -0.306. The molecule has 0 saturated heterocycles. The van der Waals surface area contributed by atoms with Gasteiger partial charge in [0.15, 0.2) is 0 Å². The van der Waals surface area contributed by atoms with Crippen molar-refractivity contribution in [2.24, 2.45) is 0 Å². The van der Waals surface area contributed by atoms with Gasteiger partial charge in [-0.05, 0) is 25.0 Å². The lowest BCUT2D eigenvalue weighted by molar-refractivity contribution is 0.0447. The summed E-state index contributed by atoms with van der Waals surface area (Å²) in [6, 6.07) is 2.78. The first-order valence-corrected chi connectivity index (χ1v) is 5.79. The molecule has 2 amide bonds. The fourth-order valence-corrected chi connectivity index (χ4v) is 1.73. The van der Waals surface area contributed by atoms with E-state index >= 15 is 0 Å². The first kappa shape index (κ1) is 12.5. The molecule has 6 heteroatoms. The zero-order chi connectivity index (χ0) is 13.1. The Morgan fingerprint density at radius 2 is 2.17 bits per heavy atom. The van der Waals surface area contributed by atoms with Crippen molar-refractivity contribution in [2.75, 3.05) is 7.05 Å². The molecule has 3 N–H and O–H groups in total. The summed E-state index contributed by atoms with van der Waals surface area (Å²) in [6.45, 7) is 0. The molecule has 1 fully saturated rings. The van der Waals surface area contributed by atoms with E-state index in [4.69, 9.17) is 0 Å². The van der Waals surface area contributed by atoms with E-state index in [-0.39, 0.29) is 23.6 Å². The van der Waals surface area contributed by atoms with Crippen molar-refractivity contribution in [1.82, 2.24) is 15.6 Å². The average Bonchev–Trinajstić information content (AvgIpc) is 2.42. The lowest BCUT2D eigenvalue weighted by Gasteiger charge is -2.32. The highest BCUT2D eigenvalue weighted by molar-refractivity contribution is 5.98. The van der Waals surface area contributed by atoms with Gasteiger partial charge in [0.05, 0.1) is 12.1 Å². The second-order valence-corrected chi connectivity index (χ2v) is 4.23. The van der Waals surface area contributed by atoms with Crippen LogP contribution >= 0.6 is 0 Å². The number of pyridine rings is 1. The van der Waals surface area contributed by atoms with Crippen molar-refractivity contribution in [1.29, 1.82) is 0 Å². The molecule has 1 heterocycles. The molecule has 0 aromatic carbocycles. The fourth-order valence-electron chi connectivity index (χ4n) is 1.73. The second-order valence-electron chi connectivity index (χ2n) is 4.23. The number of hydrogen-bond acceptors (Lipinski definition) is 4. The quantitative estimate of drug-likeness (QED) is 0.685. The highest BCUT2D eigenvalue weighted by Crippen LogP contribution is 2.19. The van der Waals surface area contributed by atoms with E-state index in [1.165, 1.54) is 25.4 Å². The lowest BCUT2D eigenvalue weighted by atomic mass is 9.89. The second kappa shape index (κ2) is 5.14. The van der Waals surface area contributed by atoms with E-state index in [1.54, 1.807) is 0 Å². The van der Waals surface area contributed by atoms with E-state index in [0.717, 1.165) is 6.42 Å². The monoisotopic (exact) mass is 249 g/mol. The number of amides is 2. The Morgan fingerprint density at radius 3 is 2.72 bits per heavy atom. The van der Waals surface area contributed by atoms with Crippen LogP contribution in [-0.4, -0.2) is 41.1 Å². The number of hydrogen-bond donors (Lipinski definition) is 3. The molecule has 1 aliphatic rings. The molecular formula is C12H15N3O3. The number of aliphatic hydroxyl groups excluding tert-OH is 1. The molecule has 1 aliphatic carbocycles. The van der Waals surface area contributed by atoms with Crippen molar-refractivity contribution in [3.8, 4) is 0 Å². The number of aliphatic hydroxyl groups is 1. The van der Waals surface area contributed by atoms with Crippen LogP contribution in [0.4, 0.5) is 0 Å². The Morgan fingerprint density at radius 1 is 1.39 bits per heavy atom. The van der Waals surface area contributed by atoms with Crippen LogP contribution in [0.5, 0.6) is 0 Å². The van der Waals surface area contributed by atoms with Crippen LogP contribution in [0, 0.1) is 0 Å². The summed E-state index contributed by atoms with van der Waals surface area (Å²) < 4.78 is 0. The highest BCUT2D eigenvalue weighted by atomic mass is 16.3. The maximum atomic E-state index is 11.9. The topological polar surface area (TPSA) is 91.3 Å². The van der Waals surface area contributed by atoms with Crippen LogP contribution in [0.1, 0.15) is 33.7 Å². The third kappa shape index (κ3) is 2.48. The first-order chi connectivity index (χ1) is 8.61. The summed E-state index contributed by atoms with van der Waals surface area (Å²) in [5.41, 5.74) is 0.557.